The van der Waals surface area contributed by atoms with E-state index in [9.17, 15) is 4.79 Å². The number of hydrogen-bond donors (Lipinski definition) is 2. The number of carbonyl (C=O) groups is 1. The van der Waals surface area contributed by atoms with Crippen LogP contribution >= 0.6 is 0 Å². The number of pyridine rings is 1. The van der Waals surface area contributed by atoms with Crippen LogP contribution in [0.4, 0.5) is 0 Å². The molecule has 1 heterocycles. The third-order valence-electron chi connectivity index (χ3n) is 1.26. The normalized spacial score (nSPS) is 8.54. The van der Waals surface area contributed by atoms with Gasteiger partial charge in [-0.25, -0.2) is 0 Å². The van der Waals surface area contributed by atoms with Gasteiger partial charge in [0, 0.05) is 6.20 Å². The fourth-order valence-corrected chi connectivity index (χ4v) is 0.707. The molecule has 72 valence electrons. The summed E-state index contributed by atoms with van der Waals surface area (Å²) >= 11 is 0. The highest BCUT2D eigenvalue weighted by molar-refractivity contribution is 5.90. The second kappa shape index (κ2) is 6.14. The van der Waals surface area contributed by atoms with Crippen LogP contribution in [0.15, 0.2) is 18.3 Å². The Kier molecular flexibility index (Phi) is 5.47. The molecule has 13 heavy (non-hydrogen) atoms. The minimum Gasteiger partial charge on any atom is -0.392 e. The molecule has 4 nitrogen and oxygen atoms in total. The predicted molar refractivity (Wildman–Crippen MR) is 50.0 cm³/mol. The Hall–Kier alpha value is -1.42. The van der Waals surface area contributed by atoms with E-state index in [1.54, 1.807) is 6.07 Å². The zero-order valence-electron chi connectivity index (χ0n) is 7.82. The van der Waals surface area contributed by atoms with Crippen molar-refractivity contribution >= 4 is 5.91 Å². The average molecular weight is 182 g/mol. The van der Waals surface area contributed by atoms with Gasteiger partial charge in [0.25, 0.3) is 5.91 Å². The van der Waals surface area contributed by atoms with Gasteiger partial charge in [0.15, 0.2) is 0 Å². The van der Waals surface area contributed by atoms with Crippen molar-refractivity contribution < 1.29 is 9.90 Å². The quantitative estimate of drug-likeness (QED) is 0.706. The fourth-order valence-electron chi connectivity index (χ4n) is 0.707. The van der Waals surface area contributed by atoms with Crippen molar-refractivity contribution in [3.05, 3.63) is 29.6 Å². The first-order valence-corrected chi connectivity index (χ1v) is 4.09. The van der Waals surface area contributed by atoms with Crippen LogP contribution in [0.5, 0.6) is 0 Å². The SMILES string of the molecule is CC.NC(=O)c1cc(CO)ccn1. The van der Waals surface area contributed by atoms with E-state index >= 15 is 0 Å². The highest BCUT2D eigenvalue weighted by Gasteiger charge is 2.00. The Morgan fingerprint density at radius 3 is 2.69 bits per heavy atom. The zero-order valence-corrected chi connectivity index (χ0v) is 7.82. The lowest BCUT2D eigenvalue weighted by atomic mass is 10.2. The average Bonchev–Trinajstić information content (AvgIpc) is 2.21. The van der Waals surface area contributed by atoms with Crippen LogP contribution < -0.4 is 5.73 Å². The van der Waals surface area contributed by atoms with E-state index in [4.69, 9.17) is 10.8 Å². The Morgan fingerprint density at radius 2 is 2.23 bits per heavy atom. The molecule has 0 fully saturated rings. The van der Waals surface area contributed by atoms with E-state index in [1.807, 2.05) is 13.8 Å². The first-order valence-electron chi connectivity index (χ1n) is 4.09. The predicted octanol–water partition coefficient (Wildman–Crippen LogP) is 0.699. The Labute approximate surface area is 77.4 Å². The highest BCUT2D eigenvalue weighted by atomic mass is 16.3. The minimum absolute atomic E-state index is 0.108. The molecule has 0 radical (unpaired) electrons. The van der Waals surface area contributed by atoms with Crippen LogP contribution in [0, 0.1) is 0 Å². The molecule has 0 bridgehead atoms. The van der Waals surface area contributed by atoms with E-state index in [-0.39, 0.29) is 12.3 Å². The van der Waals surface area contributed by atoms with Crippen molar-refractivity contribution in [1.82, 2.24) is 4.98 Å². The molecule has 0 aliphatic carbocycles. The molecule has 1 aromatic rings. The van der Waals surface area contributed by atoms with Gasteiger partial charge in [-0.05, 0) is 17.7 Å². The molecule has 1 rings (SSSR count). The Balaban J connectivity index is 0.000000671. The number of nitrogens with two attached hydrogens (primary N) is 1. The second-order valence-electron chi connectivity index (χ2n) is 2.07. The van der Waals surface area contributed by atoms with E-state index in [0.717, 1.165) is 0 Å². The Bertz CT molecular complexity index is 274. The molecule has 0 aromatic carbocycles. The maximum atomic E-state index is 10.5. The molecule has 3 N–H and O–H groups in total. The van der Waals surface area contributed by atoms with Gasteiger partial charge in [0.2, 0.25) is 0 Å². The number of aromatic nitrogens is 1. The summed E-state index contributed by atoms with van der Waals surface area (Å²) in [6.07, 6.45) is 1.44. The van der Waals surface area contributed by atoms with Gasteiger partial charge < -0.3 is 10.8 Å². The molecular weight excluding hydrogens is 168 g/mol. The van der Waals surface area contributed by atoms with Crippen LogP contribution in [0.3, 0.4) is 0 Å². The van der Waals surface area contributed by atoms with Crippen molar-refractivity contribution in [2.75, 3.05) is 0 Å². The lowest BCUT2D eigenvalue weighted by molar-refractivity contribution is 0.0995. The smallest absolute Gasteiger partial charge is 0.267 e. The largest absolute Gasteiger partial charge is 0.392 e. The summed E-state index contributed by atoms with van der Waals surface area (Å²) in [5.41, 5.74) is 5.76. The Morgan fingerprint density at radius 1 is 1.62 bits per heavy atom. The number of rotatable bonds is 2. The number of aliphatic hydroxyl groups is 1. The number of carbonyl (C=O) groups excluding carboxylic acids is 1. The minimum atomic E-state index is -0.583. The lowest BCUT2D eigenvalue weighted by Gasteiger charge is -1.96. The molecule has 0 spiro atoms. The van der Waals surface area contributed by atoms with Gasteiger partial charge in [-0.15, -0.1) is 0 Å². The number of aliphatic hydroxyl groups excluding tert-OH is 1. The van der Waals surface area contributed by atoms with Crippen LogP contribution in [0.2, 0.25) is 0 Å². The van der Waals surface area contributed by atoms with Gasteiger partial charge in [-0.1, -0.05) is 13.8 Å². The summed E-state index contributed by atoms with van der Waals surface area (Å²) in [6, 6.07) is 3.08. The van der Waals surface area contributed by atoms with E-state index < -0.39 is 5.91 Å². The first kappa shape index (κ1) is 11.6. The summed E-state index contributed by atoms with van der Waals surface area (Å²) in [5, 5.41) is 8.66. The van der Waals surface area contributed by atoms with Gasteiger partial charge in [0.05, 0.1) is 6.61 Å². The van der Waals surface area contributed by atoms with Crippen LogP contribution in [-0.4, -0.2) is 16.0 Å². The van der Waals surface area contributed by atoms with Crippen molar-refractivity contribution in [1.29, 1.82) is 0 Å². The maximum absolute atomic E-state index is 10.5. The maximum Gasteiger partial charge on any atom is 0.267 e. The van der Waals surface area contributed by atoms with E-state index in [0.29, 0.717) is 5.56 Å². The van der Waals surface area contributed by atoms with Crippen LogP contribution in [0.1, 0.15) is 29.9 Å². The summed E-state index contributed by atoms with van der Waals surface area (Å²) in [6.45, 7) is 3.89. The zero-order chi connectivity index (χ0) is 10.3. The number of hydrogen-bond acceptors (Lipinski definition) is 3. The molecule has 1 amide bonds. The van der Waals surface area contributed by atoms with Crippen LogP contribution in [-0.2, 0) is 6.61 Å². The van der Waals surface area contributed by atoms with Crippen LogP contribution in [0.25, 0.3) is 0 Å². The van der Waals surface area contributed by atoms with Gasteiger partial charge >= 0.3 is 0 Å². The fraction of sp³-hybridized carbons (Fsp3) is 0.333. The van der Waals surface area contributed by atoms with E-state index in [2.05, 4.69) is 4.98 Å². The molecule has 0 aliphatic rings. The van der Waals surface area contributed by atoms with Gasteiger partial charge in [-0.3, -0.25) is 9.78 Å². The molecule has 0 atom stereocenters. The molecule has 4 heteroatoms. The lowest BCUT2D eigenvalue weighted by Crippen LogP contribution is -2.13. The molecular formula is C9H14N2O2. The molecule has 0 saturated carbocycles. The topological polar surface area (TPSA) is 76.2 Å². The van der Waals surface area contributed by atoms with Crippen molar-refractivity contribution in [2.45, 2.75) is 20.5 Å². The van der Waals surface area contributed by atoms with E-state index in [1.165, 1.54) is 12.3 Å². The first-order chi connectivity index (χ1) is 6.24. The molecule has 0 unspecified atom stereocenters. The molecule has 0 saturated heterocycles. The van der Waals surface area contributed by atoms with Crippen molar-refractivity contribution in [3.63, 3.8) is 0 Å². The number of amides is 1. The number of nitrogens with zero attached hydrogens (tertiary/aromatic N) is 1. The molecule has 0 aliphatic heterocycles. The summed E-state index contributed by atoms with van der Waals surface area (Å²) in [4.78, 5) is 14.2. The third-order valence-corrected chi connectivity index (χ3v) is 1.26. The highest BCUT2D eigenvalue weighted by Crippen LogP contribution is 1.99. The second-order valence-corrected chi connectivity index (χ2v) is 2.07. The van der Waals surface area contributed by atoms with Crippen molar-refractivity contribution in [3.8, 4) is 0 Å². The standard InChI is InChI=1S/C7H8N2O2.C2H6/c8-7(11)6-3-5(4-10)1-2-9-6;1-2/h1-3,10H,4H2,(H2,8,11);1-2H3. The molecule has 1 aromatic heterocycles. The number of primary amides is 1. The third kappa shape index (κ3) is 3.66. The summed E-state index contributed by atoms with van der Waals surface area (Å²) in [5.74, 6) is -0.583. The van der Waals surface area contributed by atoms with Gasteiger partial charge in [-0.2, -0.15) is 0 Å². The monoisotopic (exact) mass is 182 g/mol. The van der Waals surface area contributed by atoms with Crippen molar-refractivity contribution in [2.24, 2.45) is 5.73 Å². The van der Waals surface area contributed by atoms with Gasteiger partial charge in [0.1, 0.15) is 5.69 Å². The summed E-state index contributed by atoms with van der Waals surface area (Å²) in [7, 11) is 0. The summed E-state index contributed by atoms with van der Waals surface area (Å²) < 4.78 is 0.